The molecule has 2 atom stereocenters. The zero-order valence-corrected chi connectivity index (χ0v) is 17.6. The largest absolute Gasteiger partial charge is 0.367 e. The summed E-state index contributed by atoms with van der Waals surface area (Å²) < 4.78 is 21.0. The van der Waals surface area contributed by atoms with Crippen LogP contribution in [0.4, 0.5) is 4.39 Å². The van der Waals surface area contributed by atoms with Gasteiger partial charge in [0.05, 0.1) is 18.8 Å². The molecular weight excluding hydrogens is 448 g/mol. The van der Waals surface area contributed by atoms with Gasteiger partial charge in [-0.15, -0.1) is 24.0 Å². The van der Waals surface area contributed by atoms with Crippen LogP contribution in [0.5, 0.6) is 0 Å². The third-order valence-corrected chi connectivity index (χ3v) is 4.22. The summed E-state index contributed by atoms with van der Waals surface area (Å²) in [5, 5.41) is 7.55. The molecule has 26 heavy (non-hydrogen) atoms. The molecule has 8 heteroatoms. The van der Waals surface area contributed by atoms with Crippen LogP contribution in [0.3, 0.4) is 0 Å². The van der Waals surface area contributed by atoms with Gasteiger partial charge in [-0.3, -0.25) is 9.67 Å². The summed E-state index contributed by atoms with van der Waals surface area (Å²) >= 11 is 0. The second kappa shape index (κ2) is 9.31. The van der Waals surface area contributed by atoms with Crippen molar-refractivity contribution in [1.82, 2.24) is 20.0 Å². The Balaban J connectivity index is 0.00000243. The Morgan fingerprint density at radius 1 is 1.35 bits per heavy atom. The van der Waals surface area contributed by atoms with Gasteiger partial charge < -0.3 is 15.0 Å². The first-order valence-corrected chi connectivity index (χ1v) is 8.39. The summed E-state index contributed by atoms with van der Waals surface area (Å²) in [6, 6.07) is 6.50. The molecule has 6 nitrogen and oxygen atoms in total. The number of halogens is 2. The summed E-state index contributed by atoms with van der Waals surface area (Å²) in [6.45, 7) is 4.12. The normalized spacial score (nSPS) is 20.6. The SMILES string of the molecule is CN=C(NCc1cnn(C)c1)N1CC(C)OC(c2ccc(F)cc2)C1.I. The fourth-order valence-electron chi connectivity index (χ4n) is 3.06. The van der Waals surface area contributed by atoms with Crippen molar-refractivity contribution in [3.63, 3.8) is 0 Å². The molecule has 1 aromatic heterocycles. The minimum Gasteiger partial charge on any atom is -0.367 e. The van der Waals surface area contributed by atoms with Crippen molar-refractivity contribution < 1.29 is 9.13 Å². The van der Waals surface area contributed by atoms with E-state index in [-0.39, 0.29) is 42.0 Å². The number of aromatic nitrogens is 2. The molecule has 0 amide bonds. The fraction of sp³-hybridized carbons (Fsp3) is 0.444. The Kier molecular flexibility index (Phi) is 7.39. The van der Waals surface area contributed by atoms with E-state index in [9.17, 15) is 4.39 Å². The van der Waals surface area contributed by atoms with Crippen molar-refractivity contribution in [3.05, 3.63) is 53.6 Å². The van der Waals surface area contributed by atoms with E-state index in [4.69, 9.17) is 4.74 Å². The second-order valence-corrected chi connectivity index (χ2v) is 6.31. The second-order valence-electron chi connectivity index (χ2n) is 6.31. The number of aryl methyl sites for hydroxylation is 1. The highest BCUT2D eigenvalue weighted by molar-refractivity contribution is 14.0. The van der Waals surface area contributed by atoms with E-state index < -0.39 is 0 Å². The smallest absolute Gasteiger partial charge is 0.194 e. The molecule has 0 bridgehead atoms. The third kappa shape index (κ3) is 5.16. The first-order valence-electron chi connectivity index (χ1n) is 8.39. The van der Waals surface area contributed by atoms with E-state index in [1.807, 2.05) is 26.4 Å². The van der Waals surface area contributed by atoms with Gasteiger partial charge in [-0.2, -0.15) is 5.10 Å². The molecule has 3 rings (SSSR count). The van der Waals surface area contributed by atoms with Crippen LogP contribution < -0.4 is 5.32 Å². The first kappa shape index (κ1) is 20.6. The summed E-state index contributed by atoms with van der Waals surface area (Å²) in [5.74, 6) is 0.588. The van der Waals surface area contributed by atoms with Crippen LogP contribution in [0, 0.1) is 5.82 Å². The van der Waals surface area contributed by atoms with Crippen molar-refractivity contribution in [1.29, 1.82) is 0 Å². The molecule has 1 saturated heterocycles. The lowest BCUT2D eigenvalue weighted by molar-refractivity contribution is -0.0605. The number of benzene rings is 1. The van der Waals surface area contributed by atoms with E-state index in [2.05, 4.69) is 20.3 Å². The quantitative estimate of drug-likeness (QED) is 0.423. The predicted octanol–water partition coefficient (Wildman–Crippen LogP) is 2.71. The maximum absolute atomic E-state index is 13.2. The van der Waals surface area contributed by atoms with Crippen molar-refractivity contribution in [3.8, 4) is 0 Å². The van der Waals surface area contributed by atoms with Crippen molar-refractivity contribution in [2.45, 2.75) is 25.7 Å². The molecule has 1 aliphatic heterocycles. The maximum Gasteiger partial charge on any atom is 0.194 e. The van der Waals surface area contributed by atoms with Gasteiger partial charge in [0.15, 0.2) is 5.96 Å². The van der Waals surface area contributed by atoms with Crippen LogP contribution in [0.2, 0.25) is 0 Å². The highest BCUT2D eigenvalue weighted by Gasteiger charge is 2.28. The van der Waals surface area contributed by atoms with Crippen LogP contribution in [0.15, 0.2) is 41.7 Å². The Labute approximate surface area is 170 Å². The molecule has 2 heterocycles. The molecular formula is C18H25FIN5O. The van der Waals surface area contributed by atoms with E-state index >= 15 is 0 Å². The van der Waals surface area contributed by atoms with E-state index in [1.54, 1.807) is 23.9 Å². The first-order chi connectivity index (χ1) is 12.0. The monoisotopic (exact) mass is 473 g/mol. The maximum atomic E-state index is 13.2. The van der Waals surface area contributed by atoms with Gasteiger partial charge in [0.1, 0.15) is 11.9 Å². The molecule has 0 radical (unpaired) electrons. The van der Waals surface area contributed by atoms with Gasteiger partial charge in [0, 0.05) is 38.9 Å². The van der Waals surface area contributed by atoms with Gasteiger partial charge in [0.25, 0.3) is 0 Å². The summed E-state index contributed by atoms with van der Waals surface area (Å²) in [6.07, 6.45) is 3.76. The van der Waals surface area contributed by atoms with E-state index in [1.165, 1.54) is 12.1 Å². The fourth-order valence-corrected chi connectivity index (χ4v) is 3.06. The van der Waals surface area contributed by atoms with Crippen LogP contribution in [-0.2, 0) is 18.3 Å². The van der Waals surface area contributed by atoms with Crippen LogP contribution in [-0.4, -0.2) is 46.9 Å². The van der Waals surface area contributed by atoms with Gasteiger partial charge >= 0.3 is 0 Å². The molecule has 2 unspecified atom stereocenters. The molecule has 0 saturated carbocycles. The van der Waals surface area contributed by atoms with Crippen molar-refractivity contribution in [2.75, 3.05) is 20.1 Å². The molecule has 1 fully saturated rings. The standard InChI is InChI=1S/C18H24FN5O.HI/c1-13-10-24(12-17(25-13)15-4-6-16(19)7-5-15)18(20-2)21-8-14-9-22-23(3)11-14;/h4-7,9,11,13,17H,8,10,12H2,1-3H3,(H,20,21);1H. The van der Waals surface area contributed by atoms with Crippen LogP contribution in [0.25, 0.3) is 0 Å². The zero-order chi connectivity index (χ0) is 17.8. The molecule has 142 valence electrons. The number of ether oxygens (including phenoxy) is 1. The Hall–Kier alpha value is -1.68. The topological polar surface area (TPSA) is 54.7 Å². The number of guanidine groups is 1. The predicted molar refractivity (Wildman–Crippen MR) is 110 cm³/mol. The van der Waals surface area contributed by atoms with Gasteiger partial charge in [0.2, 0.25) is 0 Å². The lowest BCUT2D eigenvalue weighted by Gasteiger charge is -2.38. The molecule has 2 aromatic rings. The Morgan fingerprint density at radius 3 is 2.69 bits per heavy atom. The number of hydrogen-bond donors (Lipinski definition) is 1. The number of hydrogen-bond acceptors (Lipinski definition) is 3. The molecule has 0 aliphatic carbocycles. The van der Waals surface area contributed by atoms with E-state index in [0.717, 1.165) is 23.6 Å². The summed E-state index contributed by atoms with van der Waals surface area (Å²) in [5.41, 5.74) is 2.07. The highest BCUT2D eigenvalue weighted by Crippen LogP contribution is 2.25. The van der Waals surface area contributed by atoms with E-state index in [0.29, 0.717) is 13.1 Å². The number of nitrogens with zero attached hydrogens (tertiary/aromatic N) is 4. The zero-order valence-electron chi connectivity index (χ0n) is 15.2. The van der Waals surface area contributed by atoms with Gasteiger partial charge in [-0.05, 0) is 24.6 Å². The minimum absolute atomic E-state index is 0. The minimum atomic E-state index is -0.238. The molecule has 0 spiro atoms. The van der Waals surface area contributed by atoms with Crippen LogP contribution in [0.1, 0.15) is 24.2 Å². The lowest BCUT2D eigenvalue weighted by atomic mass is 10.1. The summed E-state index contributed by atoms with van der Waals surface area (Å²) in [7, 11) is 3.67. The highest BCUT2D eigenvalue weighted by atomic mass is 127. The average molecular weight is 473 g/mol. The summed E-state index contributed by atoms with van der Waals surface area (Å²) in [4.78, 5) is 6.58. The molecule has 1 aliphatic rings. The average Bonchev–Trinajstić information content (AvgIpc) is 3.01. The molecule has 1 N–H and O–H groups in total. The van der Waals surface area contributed by atoms with Crippen molar-refractivity contribution in [2.24, 2.45) is 12.0 Å². The van der Waals surface area contributed by atoms with Gasteiger partial charge in [-0.25, -0.2) is 4.39 Å². The van der Waals surface area contributed by atoms with Gasteiger partial charge in [-0.1, -0.05) is 12.1 Å². The molecule has 1 aromatic carbocycles. The number of nitrogens with one attached hydrogen (secondary N) is 1. The number of aliphatic imine (C=N–C) groups is 1. The third-order valence-electron chi connectivity index (χ3n) is 4.22. The number of rotatable bonds is 3. The lowest BCUT2D eigenvalue weighted by Crippen LogP contribution is -2.50. The van der Waals surface area contributed by atoms with Crippen molar-refractivity contribution >= 4 is 29.9 Å². The number of morpholine rings is 1. The van der Waals surface area contributed by atoms with Crippen LogP contribution >= 0.6 is 24.0 Å². The Bertz CT molecular complexity index is 733. The Morgan fingerprint density at radius 2 is 2.08 bits per heavy atom.